The molecule has 14 heavy (non-hydrogen) atoms. The Balaban J connectivity index is 2.81. The van der Waals surface area contributed by atoms with Gasteiger partial charge in [-0.1, -0.05) is 11.3 Å². The summed E-state index contributed by atoms with van der Waals surface area (Å²) >= 11 is 4.36. The molecular formula is C7H5BrN2O2S2. The minimum absolute atomic E-state index is 0.126. The summed E-state index contributed by atoms with van der Waals surface area (Å²) in [5.74, 6) is 0. The number of pyridine rings is 1. The summed E-state index contributed by atoms with van der Waals surface area (Å²) in [5, 5.41) is 0. The predicted molar refractivity (Wildman–Crippen MR) is 58.2 cm³/mol. The van der Waals surface area contributed by atoms with Crippen molar-refractivity contribution in [1.82, 2.24) is 9.97 Å². The lowest BCUT2D eigenvalue weighted by atomic mass is 10.4. The van der Waals surface area contributed by atoms with Gasteiger partial charge in [-0.25, -0.2) is 18.4 Å². The maximum Gasteiger partial charge on any atom is 0.210 e. The van der Waals surface area contributed by atoms with E-state index in [0.29, 0.717) is 10.1 Å². The topological polar surface area (TPSA) is 59.9 Å². The third-order valence-electron chi connectivity index (χ3n) is 1.56. The number of halogens is 1. The molecule has 0 saturated carbocycles. The van der Waals surface area contributed by atoms with Gasteiger partial charge in [-0.3, -0.25) is 0 Å². The molecule has 2 rings (SSSR count). The van der Waals surface area contributed by atoms with Gasteiger partial charge in [-0.15, -0.1) is 0 Å². The molecule has 0 unspecified atom stereocenters. The van der Waals surface area contributed by atoms with Gasteiger partial charge in [0.15, 0.2) is 0 Å². The van der Waals surface area contributed by atoms with Gasteiger partial charge in [0.05, 0.1) is 10.2 Å². The van der Waals surface area contributed by atoms with Crippen LogP contribution in [0.5, 0.6) is 0 Å². The molecule has 0 radical (unpaired) electrons. The Morgan fingerprint density at radius 2 is 2.21 bits per heavy atom. The number of nitrogens with zero attached hydrogens (tertiary/aromatic N) is 2. The summed E-state index contributed by atoms with van der Waals surface area (Å²) in [6.07, 6.45) is 2.73. The van der Waals surface area contributed by atoms with Gasteiger partial charge in [0.1, 0.15) is 4.60 Å². The molecule has 0 atom stereocenters. The van der Waals surface area contributed by atoms with E-state index in [9.17, 15) is 8.42 Å². The largest absolute Gasteiger partial charge is 0.248 e. The smallest absolute Gasteiger partial charge is 0.210 e. The van der Waals surface area contributed by atoms with Crippen molar-refractivity contribution in [3.63, 3.8) is 0 Å². The molecule has 0 aromatic carbocycles. The Kier molecular flexibility index (Phi) is 2.32. The van der Waals surface area contributed by atoms with E-state index in [-0.39, 0.29) is 4.34 Å². The minimum Gasteiger partial charge on any atom is -0.248 e. The molecule has 74 valence electrons. The van der Waals surface area contributed by atoms with Crippen molar-refractivity contribution in [2.45, 2.75) is 4.34 Å². The molecule has 2 aromatic rings. The van der Waals surface area contributed by atoms with Crippen molar-refractivity contribution in [3.8, 4) is 0 Å². The molecule has 2 heterocycles. The summed E-state index contributed by atoms with van der Waals surface area (Å²) in [5.41, 5.74) is 0.650. The van der Waals surface area contributed by atoms with Crippen LogP contribution in [0.15, 0.2) is 21.2 Å². The first kappa shape index (κ1) is 10.0. The van der Waals surface area contributed by atoms with Gasteiger partial charge < -0.3 is 0 Å². The second-order valence-electron chi connectivity index (χ2n) is 2.70. The SMILES string of the molecule is CS(=O)(=O)c1nc2ccnc(Br)c2s1. The first-order chi connectivity index (χ1) is 6.48. The number of sulfone groups is 1. The second kappa shape index (κ2) is 3.25. The van der Waals surface area contributed by atoms with E-state index in [2.05, 4.69) is 25.9 Å². The van der Waals surface area contributed by atoms with Crippen LogP contribution in [0, 0.1) is 0 Å². The van der Waals surface area contributed by atoms with Gasteiger partial charge in [0.25, 0.3) is 0 Å². The Morgan fingerprint density at radius 3 is 2.79 bits per heavy atom. The molecule has 0 aliphatic carbocycles. The van der Waals surface area contributed by atoms with Gasteiger partial charge in [-0.05, 0) is 22.0 Å². The Labute approximate surface area is 93.1 Å². The molecular weight excluding hydrogens is 288 g/mol. The van der Waals surface area contributed by atoms with Gasteiger partial charge in [-0.2, -0.15) is 0 Å². The van der Waals surface area contributed by atoms with Crippen molar-refractivity contribution < 1.29 is 8.42 Å². The summed E-state index contributed by atoms with van der Waals surface area (Å²) in [6, 6.07) is 1.69. The molecule has 0 spiro atoms. The lowest BCUT2D eigenvalue weighted by Crippen LogP contribution is -1.94. The molecule has 0 N–H and O–H groups in total. The first-order valence-corrected chi connectivity index (χ1v) is 7.09. The minimum atomic E-state index is -3.22. The Hall–Kier alpha value is -0.530. The Bertz CT molecular complexity index is 591. The van der Waals surface area contributed by atoms with Crippen LogP contribution < -0.4 is 0 Å². The zero-order valence-electron chi connectivity index (χ0n) is 7.06. The van der Waals surface area contributed by atoms with Crippen LogP contribution in [0.3, 0.4) is 0 Å². The third-order valence-corrected chi connectivity index (χ3v) is 5.18. The zero-order chi connectivity index (χ0) is 10.3. The summed E-state index contributed by atoms with van der Waals surface area (Å²) < 4.78 is 24.0. The van der Waals surface area contributed by atoms with Gasteiger partial charge in [0, 0.05) is 12.5 Å². The van der Waals surface area contributed by atoms with Crippen molar-refractivity contribution in [2.24, 2.45) is 0 Å². The van der Waals surface area contributed by atoms with E-state index in [1.807, 2.05) is 0 Å². The number of thiazole rings is 1. The lowest BCUT2D eigenvalue weighted by Gasteiger charge is -1.87. The van der Waals surface area contributed by atoms with Crippen molar-refractivity contribution in [2.75, 3.05) is 6.26 Å². The number of fused-ring (bicyclic) bond motifs is 1. The summed E-state index contributed by atoms with van der Waals surface area (Å²) in [7, 11) is -3.22. The lowest BCUT2D eigenvalue weighted by molar-refractivity contribution is 0.601. The number of hydrogen-bond acceptors (Lipinski definition) is 5. The van der Waals surface area contributed by atoms with Crippen LogP contribution in [-0.4, -0.2) is 24.6 Å². The summed E-state index contributed by atoms with van der Waals surface area (Å²) in [4.78, 5) is 8.00. The molecule has 4 nitrogen and oxygen atoms in total. The van der Waals surface area contributed by atoms with Crippen LogP contribution in [-0.2, 0) is 9.84 Å². The number of aromatic nitrogens is 2. The van der Waals surface area contributed by atoms with Gasteiger partial charge in [0.2, 0.25) is 14.2 Å². The fraction of sp³-hybridized carbons (Fsp3) is 0.143. The highest BCUT2D eigenvalue weighted by Gasteiger charge is 2.15. The molecule has 0 aliphatic rings. The van der Waals surface area contributed by atoms with E-state index >= 15 is 0 Å². The molecule has 0 aliphatic heterocycles. The number of hydrogen-bond donors (Lipinski definition) is 0. The normalized spacial score (nSPS) is 12.1. The molecule has 2 aromatic heterocycles. The van der Waals surface area contributed by atoms with Crippen molar-refractivity contribution in [3.05, 3.63) is 16.9 Å². The molecule has 0 saturated heterocycles. The van der Waals surface area contributed by atoms with Crippen LogP contribution >= 0.6 is 27.3 Å². The van der Waals surface area contributed by atoms with Crippen LogP contribution in [0.1, 0.15) is 0 Å². The Morgan fingerprint density at radius 1 is 1.50 bits per heavy atom. The van der Waals surface area contributed by atoms with Crippen LogP contribution in [0.4, 0.5) is 0 Å². The van der Waals surface area contributed by atoms with Crippen LogP contribution in [0.2, 0.25) is 0 Å². The third kappa shape index (κ3) is 1.67. The fourth-order valence-corrected chi connectivity index (χ4v) is 3.32. The maximum absolute atomic E-state index is 11.2. The van der Waals surface area contributed by atoms with E-state index in [1.165, 1.54) is 0 Å². The average Bonchev–Trinajstić information content (AvgIpc) is 2.48. The second-order valence-corrected chi connectivity index (χ2v) is 6.64. The van der Waals surface area contributed by atoms with Crippen LogP contribution in [0.25, 0.3) is 10.2 Å². The molecule has 0 fully saturated rings. The highest BCUT2D eigenvalue weighted by molar-refractivity contribution is 9.10. The van der Waals surface area contributed by atoms with E-state index in [4.69, 9.17) is 0 Å². The highest BCUT2D eigenvalue weighted by atomic mass is 79.9. The monoisotopic (exact) mass is 292 g/mol. The molecule has 0 amide bonds. The maximum atomic E-state index is 11.2. The highest BCUT2D eigenvalue weighted by Crippen LogP contribution is 2.29. The van der Waals surface area contributed by atoms with E-state index in [0.717, 1.165) is 22.3 Å². The zero-order valence-corrected chi connectivity index (χ0v) is 10.3. The summed E-state index contributed by atoms with van der Waals surface area (Å²) in [6.45, 7) is 0. The van der Waals surface area contributed by atoms with E-state index in [1.54, 1.807) is 12.3 Å². The van der Waals surface area contributed by atoms with E-state index < -0.39 is 9.84 Å². The van der Waals surface area contributed by atoms with Crippen molar-refractivity contribution >= 4 is 47.3 Å². The van der Waals surface area contributed by atoms with Crippen molar-refractivity contribution in [1.29, 1.82) is 0 Å². The molecule has 7 heteroatoms. The molecule has 0 bridgehead atoms. The fourth-order valence-electron chi connectivity index (χ4n) is 0.963. The quantitative estimate of drug-likeness (QED) is 0.753. The standard InChI is InChI=1S/C7H5BrN2O2S2/c1-14(11,12)7-10-4-2-3-9-6(8)5(4)13-7/h2-3H,1H3. The average molecular weight is 293 g/mol. The first-order valence-electron chi connectivity index (χ1n) is 3.59. The van der Waals surface area contributed by atoms with Gasteiger partial charge >= 0.3 is 0 Å². The predicted octanol–water partition coefficient (Wildman–Crippen LogP) is 1.86. The number of rotatable bonds is 1.